The van der Waals surface area contributed by atoms with Gasteiger partial charge < -0.3 is 22.0 Å². The van der Waals surface area contributed by atoms with Crippen LogP contribution in [0.5, 0.6) is 0 Å². The quantitative estimate of drug-likeness (QED) is 0.281. The van der Waals surface area contributed by atoms with Crippen LogP contribution in [0.4, 0.5) is 0 Å². The standard InChI is InChI=1S/C13H29ClNO.ClH/c1-5-6-7-8-9-10-13(14)15(3,4)11-12(2)16;/h12-13,16H,5-11H2,1-4H3;1H/q+1;/p-1. The largest absolute Gasteiger partial charge is 1.00 e. The number of likely N-dealkylation sites (N-methyl/N-ethyl adjacent to an activating group) is 1. The summed E-state index contributed by atoms with van der Waals surface area (Å²) in [5.41, 5.74) is 0.122. The summed E-state index contributed by atoms with van der Waals surface area (Å²) in [5, 5.41) is 9.40. The highest BCUT2D eigenvalue weighted by atomic mass is 35.5. The second kappa shape index (κ2) is 10.4. The van der Waals surface area contributed by atoms with Crippen molar-refractivity contribution in [2.45, 2.75) is 64.0 Å². The average molecular weight is 286 g/mol. The zero-order chi connectivity index (χ0) is 12.6. The van der Waals surface area contributed by atoms with Crippen molar-refractivity contribution in [3.05, 3.63) is 0 Å². The van der Waals surface area contributed by atoms with Crippen molar-refractivity contribution in [3.8, 4) is 0 Å². The SMILES string of the molecule is CCCCCCCC(Cl)[N+](C)(C)CC(C)O.[Cl-]. The zero-order valence-electron chi connectivity index (χ0n) is 11.8. The van der Waals surface area contributed by atoms with E-state index in [0.717, 1.165) is 13.0 Å². The van der Waals surface area contributed by atoms with Crippen molar-refractivity contribution >= 4 is 11.6 Å². The maximum absolute atomic E-state index is 9.40. The number of aliphatic hydroxyl groups is 1. The number of unbranched alkanes of at least 4 members (excludes halogenated alkanes) is 4. The van der Waals surface area contributed by atoms with Crippen LogP contribution in [0.1, 0.15) is 52.4 Å². The number of hydrogen-bond acceptors (Lipinski definition) is 1. The molecule has 0 bridgehead atoms. The van der Waals surface area contributed by atoms with E-state index in [-0.39, 0.29) is 24.0 Å². The maximum atomic E-state index is 9.40. The zero-order valence-corrected chi connectivity index (χ0v) is 13.3. The lowest BCUT2D eigenvalue weighted by Crippen LogP contribution is -3.00. The molecule has 0 spiro atoms. The molecule has 0 heterocycles. The van der Waals surface area contributed by atoms with Gasteiger partial charge in [-0.15, -0.1) is 0 Å². The fourth-order valence-electron chi connectivity index (χ4n) is 2.06. The van der Waals surface area contributed by atoms with Crippen LogP contribution >= 0.6 is 11.6 Å². The van der Waals surface area contributed by atoms with E-state index < -0.39 is 0 Å². The fraction of sp³-hybridized carbons (Fsp3) is 1.00. The van der Waals surface area contributed by atoms with Gasteiger partial charge in [0.05, 0.1) is 14.1 Å². The molecule has 0 aromatic carbocycles. The Bertz CT molecular complexity index is 175. The Morgan fingerprint density at radius 3 is 2.12 bits per heavy atom. The van der Waals surface area contributed by atoms with E-state index in [0.29, 0.717) is 4.48 Å². The molecule has 0 aliphatic heterocycles. The fourth-order valence-corrected chi connectivity index (χ4v) is 2.30. The molecule has 0 fully saturated rings. The monoisotopic (exact) mass is 285 g/mol. The Kier molecular flexibility index (Phi) is 12.2. The molecular formula is C13H29Cl2NO. The molecule has 0 radical (unpaired) electrons. The molecule has 4 heteroatoms. The van der Waals surface area contributed by atoms with Crippen molar-refractivity contribution < 1.29 is 22.0 Å². The predicted molar refractivity (Wildman–Crippen MR) is 71.7 cm³/mol. The van der Waals surface area contributed by atoms with Crippen LogP contribution in [0.2, 0.25) is 0 Å². The molecule has 0 rings (SSSR count). The Labute approximate surface area is 118 Å². The molecule has 2 unspecified atom stereocenters. The first-order chi connectivity index (χ1) is 7.40. The third-order valence-electron chi connectivity index (χ3n) is 3.04. The van der Waals surface area contributed by atoms with Crippen LogP contribution in [0.3, 0.4) is 0 Å². The molecule has 0 saturated carbocycles. The van der Waals surface area contributed by atoms with E-state index in [9.17, 15) is 5.11 Å². The smallest absolute Gasteiger partial charge is 0.164 e. The van der Waals surface area contributed by atoms with Gasteiger partial charge in [-0.1, -0.05) is 44.2 Å². The first-order valence-electron chi connectivity index (χ1n) is 6.55. The summed E-state index contributed by atoms with van der Waals surface area (Å²) in [7, 11) is 4.19. The van der Waals surface area contributed by atoms with Gasteiger partial charge in [-0.3, -0.25) is 0 Å². The van der Waals surface area contributed by atoms with Crippen LogP contribution in [0, 0.1) is 0 Å². The van der Waals surface area contributed by atoms with E-state index in [1.54, 1.807) is 0 Å². The van der Waals surface area contributed by atoms with Crippen molar-refractivity contribution in [1.82, 2.24) is 0 Å². The topological polar surface area (TPSA) is 20.2 Å². The summed E-state index contributed by atoms with van der Waals surface area (Å²) in [5.74, 6) is 0. The normalized spacial score (nSPS) is 15.2. The number of aliphatic hydroxyl groups excluding tert-OH is 1. The van der Waals surface area contributed by atoms with Crippen LogP contribution in [-0.2, 0) is 0 Å². The molecule has 0 amide bonds. The lowest BCUT2D eigenvalue weighted by atomic mass is 10.1. The van der Waals surface area contributed by atoms with Crippen molar-refractivity contribution in [2.24, 2.45) is 0 Å². The molecule has 2 atom stereocenters. The van der Waals surface area contributed by atoms with E-state index in [4.69, 9.17) is 11.6 Å². The Hall–Kier alpha value is 0.500. The minimum atomic E-state index is -0.281. The highest BCUT2D eigenvalue weighted by Gasteiger charge is 2.26. The van der Waals surface area contributed by atoms with Crippen molar-refractivity contribution in [2.75, 3.05) is 20.6 Å². The number of alkyl halides is 1. The molecule has 17 heavy (non-hydrogen) atoms. The number of nitrogens with zero attached hydrogens (tertiary/aromatic N) is 1. The van der Waals surface area contributed by atoms with Crippen molar-refractivity contribution in [1.29, 1.82) is 0 Å². The summed E-state index contributed by atoms with van der Waals surface area (Å²) in [6, 6.07) is 0. The van der Waals surface area contributed by atoms with Gasteiger partial charge in [-0.05, 0) is 13.3 Å². The Balaban J connectivity index is 0. The van der Waals surface area contributed by atoms with Gasteiger partial charge in [0.2, 0.25) is 0 Å². The molecule has 1 N–H and O–H groups in total. The summed E-state index contributed by atoms with van der Waals surface area (Å²) in [6.07, 6.45) is 7.19. The number of halogens is 2. The van der Waals surface area contributed by atoms with E-state index in [2.05, 4.69) is 21.0 Å². The van der Waals surface area contributed by atoms with Gasteiger partial charge in [-0.2, -0.15) is 0 Å². The first-order valence-corrected chi connectivity index (χ1v) is 6.98. The van der Waals surface area contributed by atoms with Gasteiger partial charge in [0, 0.05) is 6.42 Å². The minimum Gasteiger partial charge on any atom is -1.00 e. The van der Waals surface area contributed by atoms with Gasteiger partial charge in [0.25, 0.3) is 0 Å². The highest BCUT2D eigenvalue weighted by Crippen LogP contribution is 2.19. The summed E-state index contributed by atoms with van der Waals surface area (Å²) in [4.78, 5) is 0. The van der Waals surface area contributed by atoms with Crippen LogP contribution in [-0.4, -0.2) is 41.8 Å². The number of quaternary nitrogens is 1. The second-order valence-electron chi connectivity index (χ2n) is 5.45. The lowest BCUT2D eigenvalue weighted by molar-refractivity contribution is -0.905. The summed E-state index contributed by atoms with van der Waals surface area (Å²) in [6.45, 7) is 4.78. The first kappa shape index (κ1) is 19.8. The van der Waals surface area contributed by atoms with E-state index in [1.807, 2.05) is 6.92 Å². The molecule has 0 saturated heterocycles. The molecule has 106 valence electrons. The second-order valence-corrected chi connectivity index (χ2v) is 5.95. The van der Waals surface area contributed by atoms with Gasteiger partial charge >= 0.3 is 0 Å². The minimum absolute atomic E-state index is 0. The van der Waals surface area contributed by atoms with Crippen molar-refractivity contribution in [3.63, 3.8) is 0 Å². The molecular weight excluding hydrogens is 257 g/mol. The predicted octanol–water partition coefficient (Wildman–Crippen LogP) is 0.373. The number of hydrogen-bond donors (Lipinski definition) is 1. The molecule has 0 aromatic rings. The molecule has 0 aliphatic rings. The summed E-state index contributed by atoms with van der Waals surface area (Å²) >= 11 is 6.39. The maximum Gasteiger partial charge on any atom is 0.164 e. The van der Waals surface area contributed by atoms with Crippen LogP contribution < -0.4 is 12.4 Å². The molecule has 2 nitrogen and oxygen atoms in total. The third kappa shape index (κ3) is 10.1. The average Bonchev–Trinajstić information content (AvgIpc) is 2.15. The van der Waals surface area contributed by atoms with Crippen LogP contribution in [0.15, 0.2) is 0 Å². The van der Waals surface area contributed by atoms with Gasteiger partial charge in [0.1, 0.15) is 12.6 Å². The van der Waals surface area contributed by atoms with Crippen LogP contribution in [0.25, 0.3) is 0 Å². The van der Waals surface area contributed by atoms with Gasteiger partial charge in [-0.25, -0.2) is 0 Å². The van der Waals surface area contributed by atoms with E-state index >= 15 is 0 Å². The third-order valence-corrected chi connectivity index (χ3v) is 3.79. The lowest BCUT2D eigenvalue weighted by Gasteiger charge is -2.35. The van der Waals surface area contributed by atoms with Gasteiger partial charge in [0.15, 0.2) is 5.50 Å². The Morgan fingerprint density at radius 2 is 1.65 bits per heavy atom. The number of rotatable bonds is 9. The molecule has 0 aromatic heterocycles. The summed E-state index contributed by atoms with van der Waals surface area (Å²) < 4.78 is 0.701. The molecule has 0 aliphatic carbocycles. The van der Waals surface area contributed by atoms with E-state index in [1.165, 1.54) is 32.1 Å². The Morgan fingerprint density at radius 1 is 1.12 bits per heavy atom. The highest BCUT2D eigenvalue weighted by molar-refractivity contribution is 6.19.